The first-order valence-corrected chi connectivity index (χ1v) is 6.26. The number of hydrogen-bond acceptors (Lipinski definition) is 5. The molecule has 0 bridgehead atoms. The summed E-state index contributed by atoms with van der Waals surface area (Å²) in [6.45, 7) is 8.06. The van der Waals surface area contributed by atoms with Crippen LogP contribution in [0.15, 0.2) is 34.6 Å². The first-order valence-electron chi connectivity index (χ1n) is 6.26. The van der Waals surface area contributed by atoms with E-state index < -0.39 is 0 Å². The minimum Gasteiger partial charge on any atom is -0.508 e. The van der Waals surface area contributed by atoms with Crippen molar-refractivity contribution in [2.45, 2.75) is 27.7 Å². The van der Waals surface area contributed by atoms with Crippen LogP contribution in [0, 0.1) is 0 Å². The molecule has 0 aromatic heterocycles. The van der Waals surface area contributed by atoms with Crippen molar-refractivity contribution < 1.29 is 14.8 Å². The van der Waals surface area contributed by atoms with Gasteiger partial charge in [-0.1, -0.05) is 36.3 Å². The van der Waals surface area contributed by atoms with Crippen LogP contribution in [0.2, 0.25) is 0 Å². The Hall–Kier alpha value is -2.04. The van der Waals surface area contributed by atoms with E-state index in [0.717, 1.165) is 5.56 Å². The highest BCUT2D eigenvalue weighted by Gasteiger charge is 2.10. The molecule has 0 saturated heterocycles. The number of aromatic hydroxyl groups is 1. The second-order valence-corrected chi connectivity index (χ2v) is 3.27. The molecule has 5 heteroatoms. The van der Waals surface area contributed by atoms with E-state index in [0.29, 0.717) is 18.0 Å². The van der Waals surface area contributed by atoms with Gasteiger partial charge in [0.1, 0.15) is 30.9 Å². The van der Waals surface area contributed by atoms with Gasteiger partial charge >= 0.3 is 0 Å². The van der Waals surface area contributed by atoms with E-state index in [1.807, 2.05) is 26.8 Å². The summed E-state index contributed by atoms with van der Waals surface area (Å²) < 4.78 is 0. The highest BCUT2D eigenvalue weighted by Crippen LogP contribution is 2.13. The molecular formula is C14H22N2O3. The average Bonchev–Trinajstić information content (AvgIpc) is 2.42. The topological polar surface area (TPSA) is 63.4 Å². The summed E-state index contributed by atoms with van der Waals surface area (Å²) in [5.41, 5.74) is 1.83. The largest absolute Gasteiger partial charge is 0.508 e. The number of hydrogen-bond donors (Lipinski definition) is 1. The molecule has 106 valence electrons. The molecule has 1 rings (SSSR count). The lowest BCUT2D eigenvalue weighted by molar-refractivity contribution is 0.159. The van der Waals surface area contributed by atoms with Crippen molar-refractivity contribution in [1.29, 1.82) is 0 Å². The average molecular weight is 266 g/mol. The van der Waals surface area contributed by atoms with Crippen LogP contribution in [-0.4, -0.2) is 30.2 Å². The van der Waals surface area contributed by atoms with Crippen molar-refractivity contribution in [1.82, 2.24) is 0 Å². The summed E-state index contributed by atoms with van der Waals surface area (Å²) in [7, 11) is 1.46. The fraction of sp³-hybridized carbons (Fsp3) is 0.429. The van der Waals surface area contributed by atoms with Crippen molar-refractivity contribution in [3.8, 4) is 5.75 Å². The Labute approximate surface area is 114 Å². The van der Waals surface area contributed by atoms with Gasteiger partial charge in [0.2, 0.25) is 0 Å². The van der Waals surface area contributed by atoms with E-state index >= 15 is 0 Å². The van der Waals surface area contributed by atoms with Crippen LogP contribution in [0.4, 0.5) is 0 Å². The molecule has 0 atom stereocenters. The lowest BCUT2D eigenvalue weighted by Crippen LogP contribution is -2.13. The van der Waals surface area contributed by atoms with Crippen molar-refractivity contribution in [2.24, 2.45) is 10.3 Å². The van der Waals surface area contributed by atoms with E-state index in [-0.39, 0.29) is 5.75 Å². The van der Waals surface area contributed by atoms with Gasteiger partial charge in [0, 0.05) is 5.56 Å². The number of rotatable bonds is 5. The summed E-state index contributed by atoms with van der Waals surface area (Å²) in [6, 6.07) is 6.72. The summed E-state index contributed by atoms with van der Waals surface area (Å²) in [5.74, 6) is 0.164. The van der Waals surface area contributed by atoms with Gasteiger partial charge in [-0.25, -0.2) is 0 Å². The fourth-order valence-corrected chi connectivity index (χ4v) is 1.29. The van der Waals surface area contributed by atoms with Crippen LogP contribution >= 0.6 is 0 Å². The maximum Gasteiger partial charge on any atom is 0.134 e. The predicted molar refractivity (Wildman–Crippen MR) is 77.7 cm³/mol. The molecule has 1 aromatic rings. The Morgan fingerprint density at radius 2 is 1.95 bits per heavy atom. The molecule has 1 N–H and O–H groups in total. The van der Waals surface area contributed by atoms with E-state index in [4.69, 9.17) is 9.68 Å². The number of oxime groups is 2. The van der Waals surface area contributed by atoms with Crippen LogP contribution in [0.25, 0.3) is 0 Å². The highest BCUT2D eigenvalue weighted by molar-refractivity contribution is 6.47. The Morgan fingerprint density at radius 3 is 2.47 bits per heavy atom. The summed E-state index contributed by atoms with van der Waals surface area (Å²) in [6.07, 6.45) is 0. The van der Waals surface area contributed by atoms with Crippen LogP contribution in [0.3, 0.4) is 0 Å². The Bertz CT molecular complexity index is 428. The minimum absolute atomic E-state index is 0.164. The molecule has 0 radical (unpaired) electrons. The number of benzene rings is 1. The van der Waals surface area contributed by atoms with Crippen molar-refractivity contribution >= 4 is 11.4 Å². The van der Waals surface area contributed by atoms with Gasteiger partial charge in [-0.2, -0.15) is 0 Å². The van der Waals surface area contributed by atoms with Gasteiger partial charge in [0.05, 0.1) is 0 Å². The third-order valence-corrected chi connectivity index (χ3v) is 1.98. The normalized spacial score (nSPS) is 11.4. The summed E-state index contributed by atoms with van der Waals surface area (Å²) >= 11 is 0. The van der Waals surface area contributed by atoms with Gasteiger partial charge in [-0.3, -0.25) is 0 Å². The Balaban J connectivity index is 0.00000154. The smallest absolute Gasteiger partial charge is 0.134 e. The second kappa shape index (κ2) is 9.94. The quantitative estimate of drug-likeness (QED) is 0.657. The molecule has 0 aliphatic rings. The van der Waals surface area contributed by atoms with Gasteiger partial charge in [-0.15, -0.1) is 0 Å². The summed E-state index contributed by atoms with van der Waals surface area (Å²) in [4.78, 5) is 9.73. The molecule has 0 aliphatic heterocycles. The monoisotopic (exact) mass is 266 g/mol. The molecule has 0 heterocycles. The lowest BCUT2D eigenvalue weighted by atomic mass is 10.1. The Morgan fingerprint density at radius 1 is 1.26 bits per heavy atom. The zero-order valence-electron chi connectivity index (χ0n) is 12.2. The van der Waals surface area contributed by atoms with Crippen LogP contribution < -0.4 is 0 Å². The van der Waals surface area contributed by atoms with E-state index in [1.54, 1.807) is 25.1 Å². The molecule has 0 fully saturated rings. The maximum absolute atomic E-state index is 9.43. The van der Waals surface area contributed by atoms with E-state index in [2.05, 4.69) is 10.3 Å². The van der Waals surface area contributed by atoms with Gasteiger partial charge < -0.3 is 14.8 Å². The fourth-order valence-electron chi connectivity index (χ4n) is 1.29. The van der Waals surface area contributed by atoms with E-state index in [9.17, 15) is 5.11 Å². The zero-order chi connectivity index (χ0) is 14.7. The number of phenolic OH excluding ortho intramolecular Hbond substituents is 1. The molecule has 19 heavy (non-hydrogen) atoms. The minimum atomic E-state index is 0.164. The van der Waals surface area contributed by atoms with E-state index in [1.165, 1.54) is 7.11 Å². The molecule has 1 aromatic carbocycles. The van der Waals surface area contributed by atoms with Gasteiger partial charge in [0.25, 0.3) is 0 Å². The molecule has 0 unspecified atom stereocenters. The van der Waals surface area contributed by atoms with Crippen LogP contribution in [-0.2, 0) is 9.68 Å². The highest BCUT2D eigenvalue weighted by atomic mass is 16.6. The lowest BCUT2D eigenvalue weighted by Gasteiger charge is -2.06. The van der Waals surface area contributed by atoms with Gasteiger partial charge in [0.15, 0.2) is 0 Å². The standard InChI is InChI=1S/C12H16N2O3.C2H6/c1-4-17-14-12(9(2)13-16-3)10-6-5-7-11(15)8-10;1-2/h5-8,15H,4H2,1-3H3;1-2H3/b13-9+,14-12-;. The zero-order valence-corrected chi connectivity index (χ0v) is 12.2. The number of nitrogens with zero attached hydrogens (tertiary/aromatic N) is 2. The molecule has 0 saturated carbocycles. The first kappa shape index (κ1) is 17.0. The summed E-state index contributed by atoms with van der Waals surface area (Å²) in [5, 5.41) is 17.2. The van der Waals surface area contributed by atoms with Crippen molar-refractivity contribution in [3.63, 3.8) is 0 Å². The Kier molecular flexibility index (Phi) is 8.87. The van der Waals surface area contributed by atoms with Crippen molar-refractivity contribution in [2.75, 3.05) is 13.7 Å². The third kappa shape index (κ3) is 5.90. The van der Waals surface area contributed by atoms with Crippen molar-refractivity contribution in [3.05, 3.63) is 29.8 Å². The molecule has 0 aliphatic carbocycles. The molecular weight excluding hydrogens is 244 g/mol. The second-order valence-electron chi connectivity index (χ2n) is 3.27. The molecule has 5 nitrogen and oxygen atoms in total. The SMILES string of the molecule is CC.CCO/N=C(/C(C)=N/OC)c1cccc(O)c1. The van der Waals surface area contributed by atoms with Gasteiger partial charge in [-0.05, 0) is 26.0 Å². The maximum atomic E-state index is 9.43. The molecule has 0 amide bonds. The molecule has 0 spiro atoms. The third-order valence-electron chi connectivity index (χ3n) is 1.98. The first-order chi connectivity index (χ1) is 9.19. The van der Waals surface area contributed by atoms with Crippen LogP contribution in [0.1, 0.15) is 33.3 Å². The van der Waals surface area contributed by atoms with Crippen LogP contribution in [0.5, 0.6) is 5.75 Å². The number of phenols is 1. The predicted octanol–water partition coefficient (Wildman–Crippen LogP) is 3.18.